The maximum absolute atomic E-state index is 11.3. The van der Waals surface area contributed by atoms with Crippen molar-refractivity contribution in [2.45, 2.75) is 13.8 Å². The average Bonchev–Trinajstić information content (AvgIpc) is 2.48. The fraction of sp³-hybridized carbons (Fsp3) is 0.600. The summed E-state index contributed by atoms with van der Waals surface area (Å²) in [7, 11) is 1.84. The van der Waals surface area contributed by atoms with E-state index >= 15 is 0 Å². The van der Waals surface area contributed by atoms with Crippen LogP contribution in [-0.4, -0.2) is 35.4 Å². The van der Waals surface area contributed by atoms with Gasteiger partial charge in [-0.3, -0.25) is 9.48 Å². The van der Waals surface area contributed by atoms with Crippen molar-refractivity contribution in [1.82, 2.24) is 15.1 Å². The lowest BCUT2D eigenvalue weighted by molar-refractivity contribution is -0.123. The molecule has 16 heavy (non-hydrogen) atoms. The molecule has 0 bridgehead atoms. The number of nitrogens with one attached hydrogen (secondary N) is 1. The zero-order valence-corrected chi connectivity index (χ0v) is 9.91. The molecule has 0 radical (unpaired) electrons. The van der Waals surface area contributed by atoms with Crippen LogP contribution < -0.4 is 15.8 Å². The number of nitrogens with zero attached hydrogens (tertiary/aromatic N) is 2. The van der Waals surface area contributed by atoms with Gasteiger partial charge in [-0.05, 0) is 13.8 Å². The monoisotopic (exact) mass is 226 g/mol. The number of hydrogen-bond donors (Lipinski definition) is 2. The highest BCUT2D eigenvalue weighted by Crippen LogP contribution is 2.20. The number of carbonyl (C=O) groups excluding carboxylic acids is 1. The molecule has 90 valence electrons. The molecule has 6 nitrogen and oxygen atoms in total. The summed E-state index contributed by atoms with van der Waals surface area (Å²) in [6.45, 7) is 4.63. The third kappa shape index (κ3) is 2.96. The summed E-state index contributed by atoms with van der Waals surface area (Å²) >= 11 is 0. The maximum Gasteiger partial charge on any atom is 0.257 e. The second-order valence-corrected chi connectivity index (χ2v) is 3.55. The van der Waals surface area contributed by atoms with Gasteiger partial charge in [0, 0.05) is 20.1 Å². The first-order valence-electron chi connectivity index (χ1n) is 5.16. The predicted molar refractivity (Wildman–Crippen MR) is 60.2 cm³/mol. The first-order chi connectivity index (χ1) is 7.56. The quantitative estimate of drug-likeness (QED) is 0.708. The highest BCUT2D eigenvalue weighted by molar-refractivity contribution is 5.77. The van der Waals surface area contributed by atoms with Crippen molar-refractivity contribution in [1.29, 1.82) is 0 Å². The molecule has 0 fully saturated rings. The van der Waals surface area contributed by atoms with Gasteiger partial charge in [0.2, 0.25) is 0 Å². The van der Waals surface area contributed by atoms with Crippen LogP contribution in [-0.2, 0) is 11.8 Å². The molecule has 0 spiro atoms. The molecule has 1 rings (SSSR count). The van der Waals surface area contributed by atoms with Gasteiger partial charge >= 0.3 is 0 Å². The summed E-state index contributed by atoms with van der Waals surface area (Å²) in [5, 5.41) is 6.82. The van der Waals surface area contributed by atoms with Crippen molar-refractivity contribution in [3.63, 3.8) is 0 Å². The Morgan fingerprint density at radius 1 is 1.56 bits per heavy atom. The number of nitrogens with two attached hydrogens (primary N) is 1. The number of carbonyl (C=O) groups is 1. The molecule has 0 aliphatic rings. The molecule has 6 heteroatoms. The standard InChI is InChI=1S/C10H18N4O2/c1-7-10(8(2)14(3)13-7)16-6-9(15)12-5-4-11/h4-6,11H2,1-3H3,(H,12,15). The Bertz CT molecular complexity index is 373. The molecule has 0 saturated heterocycles. The van der Waals surface area contributed by atoms with Crippen LogP contribution in [0.5, 0.6) is 5.75 Å². The van der Waals surface area contributed by atoms with Crippen LogP contribution in [0.25, 0.3) is 0 Å². The summed E-state index contributed by atoms with van der Waals surface area (Å²) in [6, 6.07) is 0. The molecule has 0 unspecified atom stereocenters. The molecule has 1 aromatic rings. The van der Waals surface area contributed by atoms with Crippen molar-refractivity contribution in [3.05, 3.63) is 11.4 Å². The number of ether oxygens (including phenoxy) is 1. The van der Waals surface area contributed by atoms with Gasteiger partial charge in [0.05, 0.1) is 5.69 Å². The van der Waals surface area contributed by atoms with E-state index in [-0.39, 0.29) is 12.5 Å². The number of aromatic nitrogens is 2. The zero-order chi connectivity index (χ0) is 12.1. The summed E-state index contributed by atoms with van der Waals surface area (Å²) in [4.78, 5) is 11.3. The summed E-state index contributed by atoms with van der Waals surface area (Å²) in [5.41, 5.74) is 6.96. The smallest absolute Gasteiger partial charge is 0.257 e. The second-order valence-electron chi connectivity index (χ2n) is 3.55. The molecule has 0 aliphatic carbocycles. The van der Waals surface area contributed by atoms with E-state index in [1.54, 1.807) is 4.68 Å². The second kappa shape index (κ2) is 5.50. The Balaban J connectivity index is 2.51. The van der Waals surface area contributed by atoms with Gasteiger partial charge in [-0.1, -0.05) is 0 Å². The largest absolute Gasteiger partial charge is 0.480 e. The molecule has 0 aromatic carbocycles. The molecular weight excluding hydrogens is 208 g/mol. The van der Waals surface area contributed by atoms with E-state index in [0.717, 1.165) is 11.4 Å². The third-order valence-corrected chi connectivity index (χ3v) is 2.26. The molecule has 0 atom stereocenters. The predicted octanol–water partition coefficient (Wildman–Crippen LogP) is -0.509. The van der Waals surface area contributed by atoms with Crippen molar-refractivity contribution in [3.8, 4) is 5.75 Å². The lowest BCUT2D eigenvalue weighted by Crippen LogP contribution is -2.33. The Morgan fingerprint density at radius 3 is 2.75 bits per heavy atom. The van der Waals surface area contributed by atoms with Crippen LogP contribution in [0, 0.1) is 13.8 Å². The maximum atomic E-state index is 11.3. The van der Waals surface area contributed by atoms with E-state index < -0.39 is 0 Å². The first-order valence-corrected chi connectivity index (χ1v) is 5.16. The van der Waals surface area contributed by atoms with Crippen LogP contribution in [0.2, 0.25) is 0 Å². The Kier molecular flexibility index (Phi) is 4.30. The number of hydrogen-bond acceptors (Lipinski definition) is 4. The zero-order valence-electron chi connectivity index (χ0n) is 9.91. The van der Waals surface area contributed by atoms with Crippen molar-refractivity contribution in [2.24, 2.45) is 12.8 Å². The number of amides is 1. The Labute approximate surface area is 94.8 Å². The minimum absolute atomic E-state index is 0.00657. The van der Waals surface area contributed by atoms with Gasteiger partial charge in [0.15, 0.2) is 12.4 Å². The van der Waals surface area contributed by atoms with E-state index in [1.165, 1.54) is 0 Å². The van der Waals surface area contributed by atoms with Crippen molar-refractivity contribution >= 4 is 5.91 Å². The first kappa shape index (κ1) is 12.5. The van der Waals surface area contributed by atoms with Gasteiger partial charge in [-0.2, -0.15) is 5.10 Å². The number of aryl methyl sites for hydroxylation is 2. The Hall–Kier alpha value is -1.56. The third-order valence-electron chi connectivity index (χ3n) is 2.26. The van der Waals surface area contributed by atoms with Crippen LogP contribution in [0.1, 0.15) is 11.4 Å². The fourth-order valence-corrected chi connectivity index (χ4v) is 1.36. The molecule has 0 aliphatic heterocycles. The van der Waals surface area contributed by atoms with Gasteiger partial charge in [0.1, 0.15) is 5.69 Å². The van der Waals surface area contributed by atoms with Crippen molar-refractivity contribution < 1.29 is 9.53 Å². The van der Waals surface area contributed by atoms with Gasteiger partial charge in [0.25, 0.3) is 5.91 Å². The minimum atomic E-state index is -0.173. The highest BCUT2D eigenvalue weighted by Gasteiger charge is 2.11. The molecule has 1 amide bonds. The number of rotatable bonds is 5. The Morgan fingerprint density at radius 2 is 2.25 bits per heavy atom. The molecule has 1 aromatic heterocycles. The SMILES string of the molecule is Cc1nn(C)c(C)c1OCC(=O)NCCN. The van der Waals surface area contributed by atoms with E-state index in [0.29, 0.717) is 18.8 Å². The van der Waals surface area contributed by atoms with Gasteiger partial charge < -0.3 is 15.8 Å². The van der Waals surface area contributed by atoms with Crippen LogP contribution >= 0.6 is 0 Å². The lowest BCUT2D eigenvalue weighted by atomic mass is 10.3. The highest BCUT2D eigenvalue weighted by atomic mass is 16.5. The van der Waals surface area contributed by atoms with E-state index in [1.807, 2.05) is 20.9 Å². The average molecular weight is 226 g/mol. The summed E-state index contributed by atoms with van der Waals surface area (Å²) in [6.07, 6.45) is 0. The lowest BCUT2D eigenvalue weighted by Gasteiger charge is -2.06. The molecule has 3 N–H and O–H groups in total. The molecular formula is C10H18N4O2. The van der Waals surface area contributed by atoms with E-state index in [2.05, 4.69) is 10.4 Å². The molecule has 0 saturated carbocycles. The van der Waals surface area contributed by atoms with Crippen LogP contribution in [0.4, 0.5) is 0 Å². The summed E-state index contributed by atoms with van der Waals surface area (Å²) < 4.78 is 7.14. The molecule has 1 heterocycles. The van der Waals surface area contributed by atoms with E-state index in [4.69, 9.17) is 10.5 Å². The van der Waals surface area contributed by atoms with Crippen molar-refractivity contribution in [2.75, 3.05) is 19.7 Å². The van der Waals surface area contributed by atoms with Crippen LogP contribution in [0.3, 0.4) is 0 Å². The topological polar surface area (TPSA) is 82.2 Å². The normalized spacial score (nSPS) is 10.2. The van der Waals surface area contributed by atoms with Gasteiger partial charge in [-0.25, -0.2) is 0 Å². The fourth-order valence-electron chi connectivity index (χ4n) is 1.36. The minimum Gasteiger partial charge on any atom is -0.480 e. The summed E-state index contributed by atoms with van der Waals surface area (Å²) in [5.74, 6) is 0.499. The van der Waals surface area contributed by atoms with Crippen LogP contribution in [0.15, 0.2) is 0 Å². The van der Waals surface area contributed by atoms with Gasteiger partial charge in [-0.15, -0.1) is 0 Å². The van der Waals surface area contributed by atoms with E-state index in [9.17, 15) is 4.79 Å².